The van der Waals surface area contributed by atoms with Crippen LogP contribution in [-0.4, -0.2) is 26.4 Å². The number of aromatic nitrogens is 3. The van der Waals surface area contributed by atoms with Crippen LogP contribution in [0.15, 0.2) is 47.9 Å². The number of aryl methyl sites for hydroxylation is 2. The lowest BCUT2D eigenvalue weighted by Crippen LogP contribution is -2.15. The summed E-state index contributed by atoms with van der Waals surface area (Å²) in [6.45, 7) is 3.85. The zero-order chi connectivity index (χ0) is 18.7. The summed E-state index contributed by atoms with van der Waals surface area (Å²) in [4.78, 5) is 12.3. The molecule has 134 valence electrons. The van der Waals surface area contributed by atoms with Gasteiger partial charge in [0.05, 0.1) is 11.4 Å². The number of amides is 1. The van der Waals surface area contributed by atoms with Crippen LogP contribution in [0.1, 0.15) is 11.1 Å². The van der Waals surface area contributed by atoms with E-state index in [0.717, 1.165) is 16.8 Å². The van der Waals surface area contributed by atoms with E-state index in [1.165, 1.54) is 11.8 Å². The lowest BCUT2D eigenvalue weighted by molar-refractivity contribution is -0.113. The molecule has 3 rings (SSSR count). The second-order valence-corrected chi connectivity index (χ2v) is 7.50. The minimum atomic E-state index is -0.142. The lowest BCUT2D eigenvalue weighted by Gasteiger charge is -2.10. The molecule has 0 aliphatic heterocycles. The molecule has 0 saturated carbocycles. The Bertz CT molecular complexity index is 958. The van der Waals surface area contributed by atoms with Gasteiger partial charge in [-0.3, -0.25) is 9.36 Å². The molecule has 1 amide bonds. The number of hydrogen-bond acceptors (Lipinski definition) is 4. The molecule has 0 radical (unpaired) electrons. The van der Waals surface area contributed by atoms with Gasteiger partial charge in [0.2, 0.25) is 5.91 Å². The summed E-state index contributed by atoms with van der Waals surface area (Å²) in [6.07, 6.45) is 1.60. The molecule has 0 aliphatic rings. The Hall–Kier alpha value is -2.02. The quantitative estimate of drug-likeness (QED) is 0.610. The fourth-order valence-corrected chi connectivity index (χ4v) is 3.35. The molecule has 0 bridgehead atoms. The second-order valence-electron chi connectivity index (χ2n) is 5.71. The topological polar surface area (TPSA) is 59.8 Å². The van der Waals surface area contributed by atoms with E-state index in [0.29, 0.717) is 20.9 Å². The van der Waals surface area contributed by atoms with Crippen LogP contribution in [-0.2, 0) is 4.79 Å². The number of hydrogen-bond donors (Lipinski definition) is 1. The van der Waals surface area contributed by atoms with E-state index in [9.17, 15) is 4.79 Å². The number of nitrogens with one attached hydrogen (secondary N) is 1. The van der Waals surface area contributed by atoms with Crippen LogP contribution in [0.25, 0.3) is 5.69 Å². The van der Waals surface area contributed by atoms with Crippen LogP contribution in [0.3, 0.4) is 0 Å². The van der Waals surface area contributed by atoms with Crippen LogP contribution in [0.2, 0.25) is 10.0 Å². The fourth-order valence-electron chi connectivity index (χ4n) is 2.28. The van der Waals surface area contributed by atoms with Crippen molar-refractivity contribution in [3.05, 3.63) is 63.9 Å². The van der Waals surface area contributed by atoms with Gasteiger partial charge < -0.3 is 5.32 Å². The highest BCUT2D eigenvalue weighted by molar-refractivity contribution is 7.99. The molecular formula is C18H16Cl2N4OS. The van der Waals surface area contributed by atoms with Crippen molar-refractivity contribution in [2.45, 2.75) is 19.0 Å². The second kappa shape index (κ2) is 8.12. The monoisotopic (exact) mass is 406 g/mol. The SMILES string of the molecule is Cc1ccc(-n2cnnc2SCC(=O)Nc2cc(Cl)ccc2C)cc1Cl. The Kier molecular flexibility index (Phi) is 5.86. The van der Waals surface area contributed by atoms with Crippen LogP contribution in [0.5, 0.6) is 0 Å². The zero-order valence-corrected chi connectivity index (χ0v) is 16.5. The molecule has 1 aromatic heterocycles. The summed E-state index contributed by atoms with van der Waals surface area (Å²) in [5.41, 5.74) is 3.49. The Morgan fingerprint density at radius 3 is 2.69 bits per heavy atom. The van der Waals surface area contributed by atoms with E-state index in [-0.39, 0.29) is 11.7 Å². The Morgan fingerprint density at radius 2 is 1.92 bits per heavy atom. The number of benzene rings is 2. The summed E-state index contributed by atoms with van der Waals surface area (Å²) in [7, 11) is 0. The van der Waals surface area contributed by atoms with Crippen molar-refractivity contribution in [3.63, 3.8) is 0 Å². The number of carbonyl (C=O) groups is 1. The number of carbonyl (C=O) groups excluding carboxylic acids is 1. The molecule has 26 heavy (non-hydrogen) atoms. The van der Waals surface area contributed by atoms with Crippen LogP contribution >= 0.6 is 35.0 Å². The molecule has 0 aliphatic carbocycles. The van der Waals surface area contributed by atoms with Crippen molar-refractivity contribution in [1.29, 1.82) is 0 Å². The minimum absolute atomic E-state index is 0.142. The Labute approximate surface area is 165 Å². The van der Waals surface area contributed by atoms with Gasteiger partial charge in [-0.2, -0.15) is 0 Å². The molecule has 3 aromatic rings. The first-order valence-electron chi connectivity index (χ1n) is 7.79. The maximum Gasteiger partial charge on any atom is 0.234 e. The van der Waals surface area contributed by atoms with Crippen molar-refractivity contribution in [2.75, 3.05) is 11.1 Å². The molecule has 0 atom stereocenters. The van der Waals surface area contributed by atoms with Gasteiger partial charge in [0, 0.05) is 15.7 Å². The summed E-state index contributed by atoms with van der Waals surface area (Å²) < 4.78 is 1.80. The zero-order valence-electron chi connectivity index (χ0n) is 14.2. The maximum absolute atomic E-state index is 12.3. The van der Waals surface area contributed by atoms with Crippen molar-refractivity contribution in [2.24, 2.45) is 0 Å². The largest absolute Gasteiger partial charge is 0.325 e. The number of thioether (sulfide) groups is 1. The highest BCUT2D eigenvalue weighted by atomic mass is 35.5. The third kappa shape index (κ3) is 4.38. The Balaban J connectivity index is 1.69. The molecule has 0 fully saturated rings. The molecule has 1 N–H and O–H groups in total. The summed E-state index contributed by atoms with van der Waals surface area (Å²) in [6, 6.07) is 11.1. The Morgan fingerprint density at radius 1 is 1.15 bits per heavy atom. The minimum Gasteiger partial charge on any atom is -0.325 e. The molecule has 8 heteroatoms. The standard InChI is InChI=1S/C18H16Cl2N4OS/c1-11-4-6-14(8-15(11)20)24-10-21-23-18(24)26-9-17(25)22-16-7-13(19)5-3-12(16)2/h3-8,10H,9H2,1-2H3,(H,22,25). The molecular weight excluding hydrogens is 391 g/mol. The van der Waals surface area contributed by atoms with Crippen molar-refractivity contribution in [1.82, 2.24) is 14.8 Å². The average molecular weight is 407 g/mol. The fraction of sp³-hybridized carbons (Fsp3) is 0.167. The van der Waals surface area contributed by atoms with Gasteiger partial charge >= 0.3 is 0 Å². The number of rotatable bonds is 5. The van der Waals surface area contributed by atoms with E-state index in [1.807, 2.05) is 38.1 Å². The third-order valence-corrected chi connectivity index (χ3v) is 5.34. The van der Waals surface area contributed by atoms with Crippen LogP contribution < -0.4 is 5.32 Å². The van der Waals surface area contributed by atoms with Crippen molar-refractivity contribution in [3.8, 4) is 5.69 Å². The average Bonchev–Trinajstić information content (AvgIpc) is 3.07. The van der Waals surface area contributed by atoms with Gasteiger partial charge in [-0.15, -0.1) is 10.2 Å². The molecule has 5 nitrogen and oxygen atoms in total. The molecule has 0 saturated heterocycles. The van der Waals surface area contributed by atoms with E-state index in [1.54, 1.807) is 23.0 Å². The van der Waals surface area contributed by atoms with Gasteiger partial charge in [-0.05, 0) is 49.2 Å². The highest BCUT2D eigenvalue weighted by Crippen LogP contribution is 2.24. The van der Waals surface area contributed by atoms with Gasteiger partial charge in [-0.25, -0.2) is 0 Å². The van der Waals surface area contributed by atoms with E-state index < -0.39 is 0 Å². The van der Waals surface area contributed by atoms with E-state index in [2.05, 4.69) is 15.5 Å². The van der Waals surface area contributed by atoms with Gasteiger partial charge in [0.1, 0.15) is 6.33 Å². The van der Waals surface area contributed by atoms with Gasteiger partial charge in [-0.1, -0.05) is 47.1 Å². The molecule has 0 unspecified atom stereocenters. The van der Waals surface area contributed by atoms with Gasteiger partial charge in [0.25, 0.3) is 0 Å². The molecule has 0 spiro atoms. The third-order valence-electron chi connectivity index (χ3n) is 3.76. The van der Waals surface area contributed by atoms with Gasteiger partial charge in [0.15, 0.2) is 5.16 Å². The number of anilines is 1. The predicted octanol–water partition coefficient (Wildman–Crippen LogP) is 4.92. The first-order chi connectivity index (χ1) is 12.4. The molecule has 2 aromatic carbocycles. The normalized spacial score (nSPS) is 10.8. The summed E-state index contributed by atoms with van der Waals surface area (Å²) in [5.74, 6) is 0.0569. The first-order valence-corrected chi connectivity index (χ1v) is 9.53. The van der Waals surface area contributed by atoms with Crippen LogP contribution in [0.4, 0.5) is 5.69 Å². The van der Waals surface area contributed by atoms with E-state index >= 15 is 0 Å². The van der Waals surface area contributed by atoms with E-state index in [4.69, 9.17) is 23.2 Å². The van der Waals surface area contributed by atoms with Crippen LogP contribution in [0, 0.1) is 13.8 Å². The predicted molar refractivity (Wildman–Crippen MR) is 107 cm³/mol. The number of nitrogens with zero attached hydrogens (tertiary/aromatic N) is 3. The van der Waals surface area contributed by atoms with Crippen molar-refractivity contribution >= 4 is 46.6 Å². The smallest absolute Gasteiger partial charge is 0.234 e. The summed E-state index contributed by atoms with van der Waals surface area (Å²) >= 11 is 13.5. The molecule has 1 heterocycles. The highest BCUT2D eigenvalue weighted by Gasteiger charge is 2.12. The number of halogens is 2. The lowest BCUT2D eigenvalue weighted by atomic mass is 10.2. The summed E-state index contributed by atoms with van der Waals surface area (Å²) in [5, 5.41) is 12.8. The van der Waals surface area contributed by atoms with Crippen molar-refractivity contribution < 1.29 is 4.79 Å². The maximum atomic E-state index is 12.3. The first kappa shape index (κ1) is 18.8.